The molecule has 0 aliphatic heterocycles. The van der Waals surface area contributed by atoms with Crippen LogP contribution in [0.25, 0.3) is 0 Å². The molecule has 1 aromatic carbocycles. The van der Waals surface area contributed by atoms with E-state index in [1.54, 1.807) is 6.92 Å². The highest BCUT2D eigenvalue weighted by atomic mass is 19.1. The van der Waals surface area contributed by atoms with Crippen molar-refractivity contribution in [3.63, 3.8) is 0 Å². The Balaban J connectivity index is 2.28. The fourth-order valence-corrected chi connectivity index (χ4v) is 1.82. The second-order valence-electron chi connectivity index (χ2n) is 4.45. The molecule has 0 amide bonds. The second kappa shape index (κ2) is 8.40. The molecule has 0 fully saturated rings. The van der Waals surface area contributed by atoms with Gasteiger partial charge in [0.25, 0.3) is 0 Å². The predicted molar refractivity (Wildman–Crippen MR) is 70.4 cm³/mol. The Kier molecular flexibility index (Phi) is 6.84. The minimum atomic E-state index is -0.754. The van der Waals surface area contributed by atoms with Gasteiger partial charge in [-0.3, -0.25) is 9.59 Å². The lowest BCUT2D eigenvalue weighted by atomic mass is 10.0. The molecule has 0 aromatic heterocycles. The highest BCUT2D eigenvalue weighted by Gasteiger charge is 2.09. The number of hydrogen-bond donors (Lipinski definition) is 0. The maximum Gasteiger partial charge on any atom is 0.305 e. The summed E-state index contributed by atoms with van der Waals surface area (Å²) < 4.78 is 30.7. The molecule has 0 N–H and O–H groups in total. The lowest BCUT2D eigenvalue weighted by molar-refractivity contribution is -0.143. The van der Waals surface area contributed by atoms with Gasteiger partial charge in [0, 0.05) is 24.5 Å². The first-order valence-electron chi connectivity index (χ1n) is 6.68. The van der Waals surface area contributed by atoms with Crippen molar-refractivity contribution in [2.45, 2.75) is 39.0 Å². The average molecular weight is 284 g/mol. The molecule has 0 heterocycles. The summed E-state index contributed by atoms with van der Waals surface area (Å²) in [5, 5.41) is 0. The topological polar surface area (TPSA) is 43.4 Å². The third kappa shape index (κ3) is 5.91. The van der Waals surface area contributed by atoms with Gasteiger partial charge in [0.05, 0.1) is 6.61 Å². The molecular weight excluding hydrogens is 266 g/mol. The Morgan fingerprint density at radius 3 is 2.20 bits per heavy atom. The van der Waals surface area contributed by atoms with Crippen molar-refractivity contribution in [1.82, 2.24) is 0 Å². The van der Waals surface area contributed by atoms with Gasteiger partial charge in [0.15, 0.2) is 5.78 Å². The van der Waals surface area contributed by atoms with E-state index in [-0.39, 0.29) is 23.7 Å². The molecule has 0 saturated heterocycles. The largest absolute Gasteiger partial charge is 0.466 e. The summed E-state index contributed by atoms with van der Waals surface area (Å²) in [5.74, 6) is -2.04. The molecule has 0 radical (unpaired) electrons. The Hall–Kier alpha value is -1.78. The minimum Gasteiger partial charge on any atom is -0.466 e. The first-order valence-corrected chi connectivity index (χ1v) is 6.68. The van der Waals surface area contributed by atoms with Crippen LogP contribution in [0.2, 0.25) is 0 Å². The van der Waals surface area contributed by atoms with E-state index in [9.17, 15) is 18.4 Å². The summed E-state index contributed by atoms with van der Waals surface area (Å²) in [4.78, 5) is 22.8. The zero-order valence-electron chi connectivity index (χ0n) is 11.5. The molecule has 0 saturated carbocycles. The summed E-state index contributed by atoms with van der Waals surface area (Å²) in [6.45, 7) is 2.11. The molecular formula is C15H18F2O3. The quantitative estimate of drug-likeness (QED) is 0.415. The van der Waals surface area contributed by atoms with Crippen LogP contribution in [-0.2, 0) is 9.53 Å². The first-order chi connectivity index (χ1) is 9.52. The predicted octanol–water partition coefficient (Wildman–Crippen LogP) is 3.66. The molecule has 0 spiro atoms. The molecule has 1 rings (SSSR count). The van der Waals surface area contributed by atoms with Gasteiger partial charge in [0.2, 0.25) is 0 Å². The molecule has 0 aliphatic rings. The van der Waals surface area contributed by atoms with E-state index < -0.39 is 11.6 Å². The Morgan fingerprint density at radius 2 is 1.60 bits per heavy atom. The van der Waals surface area contributed by atoms with Crippen LogP contribution in [0.4, 0.5) is 8.78 Å². The fraction of sp³-hybridized carbons (Fsp3) is 0.467. The molecule has 0 aliphatic carbocycles. The van der Waals surface area contributed by atoms with Crippen LogP contribution in [0.1, 0.15) is 49.4 Å². The van der Waals surface area contributed by atoms with Gasteiger partial charge in [0.1, 0.15) is 11.6 Å². The second-order valence-corrected chi connectivity index (χ2v) is 4.45. The van der Waals surface area contributed by atoms with E-state index in [2.05, 4.69) is 0 Å². The van der Waals surface area contributed by atoms with E-state index in [1.165, 1.54) is 0 Å². The average Bonchev–Trinajstić information content (AvgIpc) is 2.37. The highest BCUT2D eigenvalue weighted by molar-refractivity contribution is 5.96. The Bertz CT molecular complexity index is 452. The summed E-state index contributed by atoms with van der Waals surface area (Å²) in [6.07, 6.45) is 2.46. The Labute approximate surface area is 116 Å². The molecule has 5 heteroatoms. The number of halogens is 2. The number of ether oxygens (including phenoxy) is 1. The van der Waals surface area contributed by atoms with Crippen molar-refractivity contribution in [1.29, 1.82) is 0 Å². The van der Waals surface area contributed by atoms with E-state index in [4.69, 9.17) is 4.74 Å². The third-order valence-corrected chi connectivity index (χ3v) is 2.77. The molecule has 0 atom stereocenters. The molecule has 20 heavy (non-hydrogen) atoms. The maximum absolute atomic E-state index is 12.9. The lowest BCUT2D eigenvalue weighted by Crippen LogP contribution is -2.04. The SMILES string of the molecule is CCOC(=O)CCCCCC(=O)c1cc(F)cc(F)c1. The van der Waals surface area contributed by atoms with Crippen LogP contribution >= 0.6 is 0 Å². The number of ketones is 1. The number of Topliss-reactive ketones (excluding diaryl/α,β-unsaturated/α-hetero) is 1. The monoisotopic (exact) mass is 284 g/mol. The van der Waals surface area contributed by atoms with Crippen molar-refractivity contribution >= 4 is 11.8 Å². The van der Waals surface area contributed by atoms with E-state index in [0.29, 0.717) is 32.3 Å². The normalized spacial score (nSPS) is 10.3. The summed E-state index contributed by atoms with van der Waals surface area (Å²) in [6, 6.07) is 2.80. The van der Waals surface area contributed by atoms with Gasteiger partial charge in [-0.15, -0.1) is 0 Å². The lowest BCUT2D eigenvalue weighted by Gasteiger charge is -2.03. The van der Waals surface area contributed by atoms with Gasteiger partial charge < -0.3 is 4.74 Å². The number of carbonyl (C=O) groups excluding carboxylic acids is 2. The van der Waals surface area contributed by atoms with Gasteiger partial charge in [-0.2, -0.15) is 0 Å². The number of carbonyl (C=O) groups is 2. The minimum absolute atomic E-state index is 0.0490. The van der Waals surface area contributed by atoms with Crippen molar-refractivity contribution in [2.75, 3.05) is 6.61 Å². The number of rotatable bonds is 8. The van der Waals surface area contributed by atoms with Gasteiger partial charge in [-0.25, -0.2) is 8.78 Å². The van der Waals surface area contributed by atoms with Crippen molar-refractivity contribution in [2.24, 2.45) is 0 Å². The summed E-state index contributed by atoms with van der Waals surface area (Å²) in [7, 11) is 0. The van der Waals surface area contributed by atoms with E-state index in [0.717, 1.165) is 18.2 Å². The molecule has 0 unspecified atom stereocenters. The highest BCUT2D eigenvalue weighted by Crippen LogP contribution is 2.13. The van der Waals surface area contributed by atoms with Gasteiger partial charge >= 0.3 is 5.97 Å². The fourth-order valence-electron chi connectivity index (χ4n) is 1.82. The third-order valence-electron chi connectivity index (χ3n) is 2.77. The van der Waals surface area contributed by atoms with E-state index in [1.807, 2.05) is 0 Å². The van der Waals surface area contributed by atoms with Crippen LogP contribution in [0.5, 0.6) is 0 Å². The number of benzene rings is 1. The van der Waals surface area contributed by atoms with Crippen molar-refractivity contribution in [3.8, 4) is 0 Å². The van der Waals surface area contributed by atoms with Crippen molar-refractivity contribution in [3.05, 3.63) is 35.4 Å². The smallest absolute Gasteiger partial charge is 0.305 e. The molecule has 110 valence electrons. The Morgan fingerprint density at radius 1 is 1.00 bits per heavy atom. The maximum atomic E-state index is 12.9. The number of unbranched alkanes of at least 4 members (excludes halogenated alkanes) is 2. The van der Waals surface area contributed by atoms with Crippen molar-refractivity contribution < 1.29 is 23.1 Å². The zero-order chi connectivity index (χ0) is 15.0. The molecule has 3 nitrogen and oxygen atoms in total. The zero-order valence-corrected chi connectivity index (χ0v) is 11.5. The van der Waals surface area contributed by atoms with Crippen LogP contribution in [0.3, 0.4) is 0 Å². The summed E-state index contributed by atoms with van der Waals surface area (Å²) >= 11 is 0. The van der Waals surface area contributed by atoms with Gasteiger partial charge in [-0.05, 0) is 31.9 Å². The molecule has 0 bridgehead atoms. The van der Waals surface area contributed by atoms with Gasteiger partial charge in [-0.1, -0.05) is 6.42 Å². The first kappa shape index (κ1) is 16.3. The standard InChI is InChI=1S/C15H18F2O3/c1-2-20-15(19)7-5-3-4-6-14(18)11-8-12(16)10-13(17)9-11/h8-10H,2-7H2,1H3. The number of hydrogen-bond acceptors (Lipinski definition) is 3. The summed E-state index contributed by atoms with van der Waals surface area (Å²) in [5.41, 5.74) is 0.0490. The van der Waals surface area contributed by atoms with Crippen LogP contribution in [0.15, 0.2) is 18.2 Å². The number of esters is 1. The van der Waals surface area contributed by atoms with Crippen LogP contribution in [-0.4, -0.2) is 18.4 Å². The van der Waals surface area contributed by atoms with Crippen LogP contribution < -0.4 is 0 Å². The van der Waals surface area contributed by atoms with E-state index >= 15 is 0 Å². The molecule has 1 aromatic rings. The van der Waals surface area contributed by atoms with Crippen LogP contribution in [0, 0.1) is 11.6 Å².